The molecule has 0 spiro atoms. The summed E-state index contributed by atoms with van der Waals surface area (Å²) in [5.41, 5.74) is 3.40. The van der Waals surface area contributed by atoms with Gasteiger partial charge in [0.05, 0.1) is 0 Å². The first-order valence-corrected chi connectivity index (χ1v) is 6.60. The predicted molar refractivity (Wildman–Crippen MR) is 76.7 cm³/mol. The molecular formula is C17H21FN+. The molecule has 1 aromatic carbocycles. The summed E-state index contributed by atoms with van der Waals surface area (Å²) in [6, 6.07) is 12.3. The molecule has 0 aliphatic carbocycles. The summed E-state index contributed by atoms with van der Waals surface area (Å²) in [7, 11) is 2.03. The van der Waals surface area contributed by atoms with Gasteiger partial charge in [0.1, 0.15) is 12.7 Å². The summed E-state index contributed by atoms with van der Waals surface area (Å²) in [5.74, 6) is 0. The van der Waals surface area contributed by atoms with Gasteiger partial charge in [-0.15, -0.1) is 0 Å². The van der Waals surface area contributed by atoms with Crippen molar-refractivity contribution in [3.8, 4) is 11.3 Å². The van der Waals surface area contributed by atoms with Gasteiger partial charge in [-0.05, 0) is 44.0 Å². The molecule has 2 rings (SSSR count). The minimum absolute atomic E-state index is 0.441. The number of aromatic nitrogens is 1. The van der Waals surface area contributed by atoms with Gasteiger partial charge in [-0.25, -0.2) is 8.96 Å². The maximum absolute atomic E-state index is 13.8. The molecule has 19 heavy (non-hydrogen) atoms. The molecule has 1 aromatic heterocycles. The third kappa shape index (κ3) is 3.40. The van der Waals surface area contributed by atoms with Gasteiger partial charge in [0, 0.05) is 24.1 Å². The second-order valence-electron chi connectivity index (χ2n) is 5.74. The zero-order valence-electron chi connectivity index (χ0n) is 12.1. The van der Waals surface area contributed by atoms with E-state index in [1.807, 2.05) is 31.4 Å². The Kier molecular flexibility index (Phi) is 3.70. The molecule has 0 amide bonds. The number of alkyl halides is 1. The van der Waals surface area contributed by atoms with E-state index in [0.717, 1.165) is 11.3 Å². The van der Waals surface area contributed by atoms with Gasteiger partial charge in [0.15, 0.2) is 6.20 Å². The highest BCUT2D eigenvalue weighted by Crippen LogP contribution is 2.24. The molecule has 100 valence electrons. The molecule has 0 bridgehead atoms. The van der Waals surface area contributed by atoms with Crippen LogP contribution >= 0.6 is 0 Å². The Bertz CT molecular complexity index is 582. The van der Waals surface area contributed by atoms with E-state index in [9.17, 15) is 4.39 Å². The minimum atomic E-state index is -1.18. The van der Waals surface area contributed by atoms with E-state index in [2.05, 4.69) is 29.7 Å². The minimum Gasteiger partial charge on any atom is -0.244 e. The highest BCUT2D eigenvalue weighted by Gasteiger charge is 2.18. The number of benzene rings is 1. The van der Waals surface area contributed by atoms with Crippen molar-refractivity contribution in [1.82, 2.24) is 0 Å². The molecule has 1 heterocycles. The van der Waals surface area contributed by atoms with Crippen molar-refractivity contribution >= 4 is 0 Å². The summed E-state index contributed by atoms with van der Waals surface area (Å²) >= 11 is 0. The number of nitrogens with zero attached hydrogens (tertiary/aromatic N) is 1. The second-order valence-corrected chi connectivity index (χ2v) is 5.74. The van der Waals surface area contributed by atoms with Gasteiger partial charge >= 0.3 is 0 Å². The Morgan fingerprint density at radius 2 is 1.89 bits per heavy atom. The summed E-state index contributed by atoms with van der Waals surface area (Å²) in [6.07, 6.45) is 2.47. The van der Waals surface area contributed by atoms with Crippen LogP contribution in [-0.4, -0.2) is 5.67 Å². The topological polar surface area (TPSA) is 3.88 Å². The number of halogens is 1. The van der Waals surface area contributed by atoms with Crippen LogP contribution in [0.25, 0.3) is 11.3 Å². The molecule has 0 aliphatic heterocycles. The lowest BCUT2D eigenvalue weighted by Crippen LogP contribution is -2.30. The molecular weight excluding hydrogens is 237 g/mol. The maximum atomic E-state index is 13.8. The Morgan fingerprint density at radius 3 is 2.53 bits per heavy atom. The number of rotatable bonds is 3. The third-order valence-electron chi connectivity index (χ3n) is 3.26. The molecule has 0 saturated carbocycles. The number of aryl methyl sites for hydroxylation is 2. The third-order valence-corrected chi connectivity index (χ3v) is 3.26. The number of pyridine rings is 1. The van der Waals surface area contributed by atoms with Crippen LogP contribution < -0.4 is 4.57 Å². The molecule has 1 nitrogen and oxygen atoms in total. The molecule has 0 fully saturated rings. The molecule has 2 aromatic rings. The Hall–Kier alpha value is -1.70. The van der Waals surface area contributed by atoms with Crippen LogP contribution in [0.15, 0.2) is 42.6 Å². The molecule has 2 heteroatoms. The molecule has 0 aliphatic rings. The number of hydrogen-bond donors (Lipinski definition) is 0. The zero-order valence-corrected chi connectivity index (χ0v) is 12.1. The van der Waals surface area contributed by atoms with Crippen LogP contribution in [0.5, 0.6) is 0 Å². The summed E-state index contributed by atoms with van der Waals surface area (Å²) in [6.45, 7) is 5.33. The fourth-order valence-corrected chi connectivity index (χ4v) is 2.34. The van der Waals surface area contributed by atoms with Crippen LogP contribution in [0.1, 0.15) is 25.0 Å². The molecule has 0 N–H and O–H groups in total. The fourth-order valence-electron chi connectivity index (χ4n) is 2.34. The highest BCUT2D eigenvalue weighted by atomic mass is 19.1. The van der Waals surface area contributed by atoms with Crippen molar-refractivity contribution < 1.29 is 8.96 Å². The van der Waals surface area contributed by atoms with Crippen molar-refractivity contribution in [3.05, 3.63) is 53.7 Å². The normalized spacial score (nSPS) is 11.6. The Balaban J connectivity index is 2.46. The lowest BCUT2D eigenvalue weighted by atomic mass is 9.95. The summed E-state index contributed by atoms with van der Waals surface area (Å²) in [5, 5.41) is 0. The van der Waals surface area contributed by atoms with Crippen molar-refractivity contribution in [1.29, 1.82) is 0 Å². The van der Waals surface area contributed by atoms with Gasteiger partial charge < -0.3 is 0 Å². The average molecular weight is 258 g/mol. The summed E-state index contributed by atoms with van der Waals surface area (Å²) in [4.78, 5) is 0. The first kappa shape index (κ1) is 13.7. The summed E-state index contributed by atoms with van der Waals surface area (Å²) < 4.78 is 15.9. The lowest BCUT2D eigenvalue weighted by molar-refractivity contribution is -0.660. The van der Waals surface area contributed by atoms with Crippen molar-refractivity contribution in [3.63, 3.8) is 0 Å². The van der Waals surface area contributed by atoms with Crippen LogP contribution in [-0.2, 0) is 13.5 Å². The second kappa shape index (κ2) is 5.12. The lowest BCUT2D eigenvalue weighted by Gasteiger charge is -2.15. The van der Waals surface area contributed by atoms with E-state index in [-0.39, 0.29) is 0 Å². The van der Waals surface area contributed by atoms with Crippen molar-refractivity contribution in [2.75, 3.05) is 0 Å². The van der Waals surface area contributed by atoms with E-state index in [1.165, 1.54) is 11.1 Å². The molecule has 0 radical (unpaired) electrons. The molecule has 0 atom stereocenters. The van der Waals surface area contributed by atoms with Gasteiger partial charge in [-0.3, -0.25) is 0 Å². The van der Waals surface area contributed by atoms with Gasteiger partial charge in [-0.2, -0.15) is 0 Å². The standard InChI is InChI=1S/C17H21FN/c1-13-8-9-14(12-17(2,3)18)11-15(13)16-7-5-6-10-19(16)4/h5-11H,12H2,1-4H3/q+1. The van der Waals surface area contributed by atoms with Gasteiger partial charge in [0.2, 0.25) is 5.69 Å². The Labute approximate surface area is 114 Å². The SMILES string of the molecule is Cc1ccc(CC(C)(C)F)cc1-c1cccc[n+]1C. The van der Waals surface area contributed by atoms with Crippen LogP contribution in [0, 0.1) is 6.92 Å². The van der Waals surface area contributed by atoms with Crippen LogP contribution in [0.2, 0.25) is 0 Å². The average Bonchev–Trinajstić information content (AvgIpc) is 2.31. The zero-order chi connectivity index (χ0) is 14.0. The van der Waals surface area contributed by atoms with E-state index in [0.29, 0.717) is 6.42 Å². The van der Waals surface area contributed by atoms with Crippen LogP contribution in [0.4, 0.5) is 4.39 Å². The Morgan fingerprint density at radius 1 is 1.16 bits per heavy atom. The smallest absolute Gasteiger partial charge is 0.212 e. The maximum Gasteiger partial charge on any atom is 0.212 e. The van der Waals surface area contributed by atoms with E-state index >= 15 is 0 Å². The predicted octanol–water partition coefficient (Wildman–Crippen LogP) is 3.78. The van der Waals surface area contributed by atoms with Gasteiger partial charge in [0.25, 0.3) is 0 Å². The monoisotopic (exact) mass is 258 g/mol. The van der Waals surface area contributed by atoms with Crippen molar-refractivity contribution in [2.45, 2.75) is 32.9 Å². The molecule has 0 unspecified atom stereocenters. The number of hydrogen-bond acceptors (Lipinski definition) is 0. The largest absolute Gasteiger partial charge is 0.244 e. The van der Waals surface area contributed by atoms with Gasteiger partial charge in [-0.1, -0.05) is 12.1 Å². The van der Waals surface area contributed by atoms with E-state index in [1.54, 1.807) is 13.8 Å². The van der Waals surface area contributed by atoms with E-state index < -0.39 is 5.67 Å². The van der Waals surface area contributed by atoms with Crippen molar-refractivity contribution in [2.24, 2.45) is 7.05 Å². The first-order chi connectivity index (χ1) is 8.87. The highest BCUT2D eigenvalue weighted by molar-refractivity contribution is 5.62. The quantitative estimate of drug-likeness (QED) is 0.738. The fraction of sp³-hybridized carbons (Fsp3) is 0.353. The van der Waals surface area contributed by atoms with Crippen LogP contribution in [0.3, 0.4) is 0 Å². The molecule has 0 saturated heterocycles. The first-order valence-electron chi connectivity index (χ1n) is 6.60. The van der Waals surface area contributed by atoms with E-state index in [4.69, 9.17) is 0 Å².